The average Bonchev–Trinajstić information content (AvgIpc) is 3.62. The predicted octanol–water partition coefficient (Wildman–Crippen LogP) is 3.96. The van der Waals surface area contributed by atoms with Crippen molar-refractivity contribution in [1.82, 2.24) is 39.3 Å². The number of hydrogen-bond donors (Lipinski definition) is 1. The fourth-order valence-electron chi connectivity index (χ4n) is 3.98. The van der Waals surface area contributed by atoms with Gasteiger partial charge in [-0.05, 0) is 55.2 Å². The highest BCUT2D eigenvalue weighted by molar-refractivity contribution is 7.98. The highest BCUT2D eigenvalue weighted by Crippen LogP contribution is 2.28. The number of aryl methyl sites for hydroxylation is 2. The maximum Gasteiger partial charge on any atom is 0.199 e. The number of rotatable bonds is 8. The molecule has 1 atom stereocenters. The van der Waals surface area contributed by atoms with E-state index in [1.165, 1.54) is 5.56 Å². The van der Waals surface area contributed by atoms with E-state index in [2.05, 4.69) is 61.2 Å². The van der Waals surface area contributed by atoms with Crippen LogP contribution in [0.15, 0.2) is 41.7 Å². The average molecular weight is 483 g/mol. The van der Waals surface area contributed by atoms with Gasteiger partial charge in [-0.25, -0.2) is 0 Å². The number of aromatic nitrogens is 8. The number of nitrogens with zero attached hydrogens (tertiary/aromatic N) is 7. The molecule has 33 heavy (non-hydrogen) atoms. The zero-order chi connectivity index (χ0) is 22.8. The smallest absolute Gasteiger partial charge is 0.199 e. The molecule has 11 heteroatoms. The standard InChI is InChI=1S/C22H26N8OS2/c1-3-15-6-8-16(9-7-15)30-19(23-25-21(30)32)14-33-22-26-24-20(18-10-11-28(2)27-18)29(22)13-17-5-4-12-31-17/h6-11,17H,3-5,12-14H2,1-2H3,(H,25,32). The van der Waals surface area contributed by atoms with Crippen LogP contribution in [0, 0.1) is 4.77 Å². The number of ether oxygens (including phenoxy) is 1. The summed E-state index contributed by atoms with van der Waals surface area (Å²) < 4.78 is 12.3. The van der Waals surface area contributed by atoms with Crippen LogP contribution >= 0.6 is 24.0 Å². The second-order valence-corrected chi connectivity index (χ2v) is 9.34. The first-order chi connectivity index (χ1) is 16.1. The predicted molar refractivity (Wildman–Crippen MR) is 129 cm³/mol. The third-order valence-electron chi connectivity index (χ3n) is 5.74. The van der Waals surface area contributed by atoms with Gasteiger partial charge in [0, 0.05) is 25.5 Å². The Morgan fingerprint density at radius 2 is 2.06 bits per heavy atom. The molecule has 3 aromatic heterocycles. The van der Waals surface area contributed by atoms with Crippen LogP contribution < -0.4 is 0 Å². The highest BCUT2D eigenvalue weighted by atomic mass is 32.2. The van der Waals surface area contributed by atoms with Gasteiger partial charge >= 0.3 is 0 Å². The summed E-state index contributed by atoms with van der Waals surface area (Å²) in [6.07, 6.45) is 5.19. The Hall–Kier alpha value is -2.76. The first-order valence-electron chi connectivity index (χ1n) is 11.1. The van der Waals surface area contributed by atoms with Gasteiger partial charge < -0.3 is 4.74 Å². The minimum atomic E-state index is 0.162. The molecule has 4 aromatic rings. The largest absolute Gasteiger partial charge is 0.376 e. The molecule has 1 aliphatic rings. The van der Waals surface area contributed by atoms with E-state index in [1.54, 1.807) is 16.4 Å². The monoisotopic (exact) mass is 482 g/mol. The van der Waals surface area contributed by atoms with E-state index in [-0.39, 0.29) is 6.10 Å². The number of hydrogen-bond acceptors (Lipinski definition) is 7. The molecule has 1 aromatic carbocycles. The van der Waals surface area contributed by atoms with Gasteiger partial charge in [-0.3, -0.25) is 18.9 Å². The lowest BCUT2D eigenvalue weighted by Gasteiger charge is -2.14. The van der Waals surface area contributed by atoms with Gasteiger partial charge in [-0.1, -0.05) is 30.8 Å². The van der Waals surface area contributed by atoms with Crippen molar-refractivity contribution < 1.29 is 4.74 Å². The quantitative estimate of drug-likeness (QED) is 0.300. The van der Waals surface area contributed by atoms with Gasteiger partial charge in [0.25, 0.3) is 0 Å². The lowest BCUT2D eigenvalue weighted by molar-refractivity contribution is 0.0953. The Bertz CT molecular complexity index is 1280. The molecule has 0 bridgehead atoms. The van der Waals surface area contributed by atoms with E-state index in [1.807, 2.05) is 23.9 Å². The van der Waals surface area contributed by atoms with Gasteiger partial charge in [0.15, 0.2) is 15.8 Å². The Morgan fingerprint density at radius 3 is 2.76 bits per heavy atom. The van der Waals surface area contributed by atoms with Crippen molar-refractivity contribution in [2.24, 2.45) is 7.05 Å². The lowest BCUT2D eigenvalue weighted by Crippen LogP contribution is -2.17. The fraction of sp³-hybridized carbons (Fsp3) is 0.409. The third-order valence-corrected chi connectivity index (χ3v) is 6.98. The third kappa shape index (κ3) is 4.66. The van der Waals surface area contributed by atoms with Crippen molar-refractivity contribution >= 4 is 24.0 Å². The molecule has 0 saturated carbocycles. The lowest BCUT2D eigenvalue weighted by atomic mass is 10.1. The van der Waals surface area contributed by atoms with Crippen LogP contribution in [0.2, 0.25) is 0 Å². The molecule has 1 fully saturated rings. The van der Waals surface area contributed by atoms with Crippen LogP contribution in [-0.2, 0) is 30.5 Å². The second-order valence-electron chi connectivity index (χ2n) is 8.02. The van der Waals surface area contributed by atoms with Crippen LogP contribution in [0.4, 0.5) is 0 Å². The van der Waals surface area contributed by atoms with Crippen LogP contribution in [0.25, 0.3) is 17.2 Å². The molecule has 172 valence electrons. The van der Waals surface area contributed by atoms with E-state index in [0.717, 1.165) is 54.1 Å². The minimum absolute atomic E-state index is 0.162. The van der Waals surface area contributed by atoms with Crippen molar-refractivity contribution in [3.63, 3.8) is 0 Å². The Morgan fingerprint density at radius 1 is 1.21 bits per heavy atom. The molecular formula is C22H26N8OS2. The zero-order valence-corrected chi connectivity index (χ0v) is 20.3. The molecule has 1 unspecified atom stereocenters. The minimum Gasteiger partial charge on any atom is -0.376 e. The first kappa shape index (κ1) is 22.1. The Balaban J connectivity index is 1.42. The van der Waals surface area contributed by atoms with Crippen molar-refractivity contribution in [3.05, 3.63) is 52.7 Å². The zero-order valence-electron chi connectivity index (χ0n) is 18.6. The van der Waals surface area contributed by atoms with E-state index < -0.39 is 0 Å². The normalized spacial score (nSPS) is 16.0. The molecule has 0 aliphatic carbocycles. The summed E-state index contributed by atoms with van der Waals surface area (Å²) in [5, 5.41) is 21.7. The number of aromatic amines is 1. The van der Waals surface area contributed by atoms with Crippen molar-refractivity contribution in [2.75, 3.05) is 6.61 Å². The maximum atomic E-state index is 5.89. The topological polar surface area (TPSA) is 91.4 Å². The molecule has 9 nitrogen and oxygen atoms in total. The number of H-pyrrole nitrogens is 1. The summed E-state index contributed by atoms with van der Waals surface area (Å²) in [5.41, 5.74) is 3.08. The summed E-state index contributed by atoms with van der Waals surface area (Å²) in [6.45, 7) is 3.65. The molecule has 0 radical (unpaired) electrons. The van der Waals surface area contributed by atoms with Gasteiger partial charge in [0.1, 0.15) is 11.5 Å². The van der Waals surface area contributed by atoms with E-state index in [0.29, 0.717) is 17.1 Å². The first-order valence-corrected chi connectivity index (χ1v) is 12.4. The van der Waals surface area contributed by atoms with Crippen LogP contribution in [0.5, 0.6) is 0 Å². The molecule has 5 rings (SSSR count). The summed E-state index contributed by atoms with van der Waals surface area (Å²) in [7, 11) is 1.90. The summed E-state index contributed by atoms with van der Waals surface area (Å²) >= 11 is 7.10. The highest BCUT2D eigenvalue weighted by Gasteiger charge is 2.23. The molecule has 0 amide bonds. The molecule has 1 N–H and O–H groups in total. The van der Waals surface area contributed by atoms with Crippen molar-refractivity contribution in [2.45, 2.75) is 49.7 Å². The van der Waals surface area contributed by atoms with E-state index >= 15 is 0 Å². The number of thioether (sulfide) groups is 1. The maximum absolute atomic E-state index is 5.89. The van der Waals surface area contributed by atoms with Gasteiger partial charge in [0.05, 0.1) is 18.4 Å². The van der Waals surface area contributed by atoms with Crippen LogP contribution in [0.1, 0.15) is 31.2 Å². The SMILES string of the molecule is CCc1ccc(-n2c(CSc3nnc(-c4ccn(C)n4)n3CC3CCCO3)n[nH]c2=S)cc1. The number of nitrogens with one attached hydrogen (secondary N) is 1. The molecule has 1 aliphatic heterocycles. The fourth-order valence-corrected chi connectivity index (χ4v) is 5.10. The second kappa shape index (κ2) is 9.62. The Kier molecular flexibility index (Phi) is 6.43. The van der Waals surface area contributed by atoms with Crippen molar-refractivity contribution in [1.29, 1.82) is 0 Å². The Labute approximate surface area is 201 Å². The van der Waals surface area contributed by atoms with E-state index in [4.69, 9.17) is 17.0 Å². The summed E-state index contributed by atoms with van der Waals surface area (Å²) in [6, 6.07) is 10.4. The number of benzene rings is 1. The van der Waals surface area contributed by atoms with Gasteiger partial charge in [0.2, 0.25) is 0 Å². The molecule has 4 heterocycles. The molecule has 1 saturated heterocycles. The molecular weight excluding hydrogens is 456 g/mol. The van der Waals surface area contributed by atoms with Gasteiger partial charge in [-0.2, -0.15) is 10.2 Å². The van der Waals surface area contributed by atoms with Gasteiger partial charge in [-0.15, -0.1) is 10.2 Å². The van der Waals surface area contributed by atoms with Crippen LogP contribution in [0.3, 0.4) is 0 Å². The van der Waals surface area contributed by atoms with E-state index in [9.17, 15) is 0 Å². The summed E-state index contributed by atoms with van der Waals surface area (Å²) in [5.74, 6) is 2.18. The van der Waals surface area contributed by atoms with Crippen LogP contribution in [-0.4, -0.2) is 52.0 Å². The van der Waals surface area contributed by atoms with Crippen molar-refractivity contribution in [3.8, 4) is 17.2 Å². The summed E-state index contributed by atoms with van der Waals surface area (Å²) in [4.78, 5) is 0. The molecule has 0 spiro atoms.